The highest BCUT2D eigenvalue weighted by molar-refractivity contribution is 7.09. The molecule has 1 unspecified atom stereocenters. The monoisotopic (exact) mass is 374 g/mol. The van der Waals surface area contributed by atoms with E-state index in [4.69, 9.17) is 0 Å². The number of para-hydroxylation sites is 1. The first kappa shape index (κ1) is 19.8. The predicted octanol–water partition coefficient (Wildman–Crippen LogP) is 1.11. The van der Waals surface area contributed by atoms with E-state index in [0.29, 0.717) is 24.3 Å². The minimum Gasteiger partial charge on any atom is -0.346 e. The van der Waals surface area contributed by atoms with Gasteiger partial charge in [-0.05, 0) is 37.4 Å². The van der Waals surface area contributed by atoms with E-state index >= 15 is 0 Å². The summed E-state index contributed by atoms with van der Waals surface area (Å²) >= 11 is 1.59. The number of anilines is 1. The third-order valence-electron chi connectivity index (χ3n) is 3.94. The molecule has 0 saturated carbocycles. The number of quaternary nitrogens is 1. The number of hydrogen-bond acceptors (Lipinski definition) is 4. The predicted molar refractivity (Wildman–Crippen MR) is 102 cm³/mol. The smallest absolute Gasteiger partial charge is 0.279 e. The Morgan fingerprint density at radius 2 is 1.77 bits per heavy atom. The van der Waals surface area contributed by atoms with E-state index in [1.807, 2.05) is 24.4 Å². The van der Waals surface area contributed by atoms with E-state index in [-0.39, 0.29) is 30.7 Å². The van der Waals surface area contributed by atoms with Crippen LogP contribution in [0, 0.1) is 0 Å². The van der Waals surface area contributed by atoms with Gasteiger partial charge in [-0.2, -0.15) is 0 Å². The Balaban J connectivity index is 1.85. The third kappa shape index (κ3) is 6.09. The van der Waals surface area contributed by atoms with Crippen molar-refractivity contribution < 1.29 is 19.3 Å². The normalized spacial score (nSPS) is 11.6. The van der Waals surface area contributed by atoms with Crippen LogP contribution in [0.15, 0.2) is 41.8 Å². The van der Waals surface area contributed by atoms with Gasteiger partial charge in [-0.15, -0.1) is 11.3 Å². The molecule has 7 heteroatoms. The van der Waals surface area contributed by atoms with Gasteiger partial charge in [0.15, 0.2) is 18.9 Å². The third-order valence-corrected chi connectivity index (χ3v) is 4.82. The number of ketones is 1. The van der Waals surface area contributed by atoms with E-state index in [9.17, 15) is 14.4 Å². The van der Waals surface area contributed by atoms with Gasteiger partial charge in [0.25, 0.3) is 11.8 Å². The molecule has 0 aliphatic heterocycles. The van der Waals surface area contributed by atoms with E-state index < -0.39 is 0 Å². The summed E-state index contributed by atoms with van der Waals surface area (Å²) in [7, 11) is 0. The zero-order valence-electron chi connectivity index (χ0n) is 15.0. The topological polar surface area (TPSA) is 79.7 Å². The quantitative estimate of drug-likeness (QED) is 0.575. The van der Waals surface area contributed by atoms with Gasteiger partial charge < -0.3 is 15.5 Å². The first-order valence-corrected chi connectivity index (χ1v) is 9.40. The van der Waals surface area contributed by atoms with Crippen molar-refractivity contribution in [3.05, 3.63) is 52.2 Å². The van der Waals surface area contributed by atoms with Crippen LogP contribution in [0.5, 0.6) is 0 Å². The Hall–Kier alpha value is -2.51. The molecule has 1 aromatic heterocycles. The highest BCUT2D eigenvalue weighted by atomic mass is 32.1. The molecule has 3 N–H and O–H groups in total. The number of benzene rings is 1. The molecule has 1 aromatic carbocycles. The van der Waals surface area contributed by atoms with Crippen LogP contribution in [-0.4, -0.2) is 37.2 Å². The molecule has 0 aliphatic carbocycles. The Labute approximate surface area is 157 Å². The highest BCUT2D eigenvalue weighted by Gasteiger charge is 2.18. The molecule has 0 radical (unpaired) electrons. The Morgan fingerprint density at radius 1 is 1.04 bits per heavy atom. The molecule has 0 spiro atoms. The van der Waals surface area contributed by atoms with Gasteiger partial charge in [0.1, 0.15) is 0 Å². The highest BCUT2D eigenvalue weighted by Crippen LogP contribution is 2.15. The number of hydrogen-bond donors (Lipinski definition) is 3. The van der Waals surface area contributed by atoms with Crippen LogP contribution in [0.1, 0.15) is 29.1 Å². The summed E-state index contributed by atoms with van der Waals surface area (Å²) in [6, 6.07) is 10.8. The number of amides is 2. The number of carbonyl (C=O) groups excluding carboxylic acids is 3. The van der Waals surface area contributed by atoms with Crippen molar-refractivity contribution in [3.63, 3.8) is 0 Å². The number of thiophene rings is 1. The Bertz CT molecular complexity index is 759. The van der Waals surface area contributed by atoms with Gasteiger partial charge in [0, 0.05) is 10.4 Å². The number of carbonyl (C=O) groups is 3. The van der Waals surface area contributed by atoms with Crippen LogP contribution in [0.4, 0.5) is 5.69 Å². The zero-order valence-corrected chi connectivity index (χ0v) is 15.8. The Kier molecular flexibility index (Phi) is 7.50. The lowest BCUT2D eigenvalue weighted by molar-refractivity contribution is -0.881. The summed E-state index contributed by atoms with van der Waals surface area (Å²) in [5.41, 5.74) is 0.982. The summed E-state index contributed by atoms with van der Waals surface area (Å²) in [4.78, 5) is 38.0. The molecule has 0 aliphatic rings. The molecule has 2 rings (SSSR count). The van der Waals surface area contributed by atoms with Gasteiger partial charge in [-0.1, -0.05) is 18.2 Å². The van der Waals surface area contributed by atoms with Crippen LogP contribution in [0.3, 0.4) is 0 Å². The van der Waals surface area contributed by atoms with Crippen molar-refractivity contribution in [2.24, 2.45) is 0 Å². The SMILES string of the molecule is CC[NH+](CC(=O)NCc1cccs1)CC(=O)Nc1ccccc1C(C)=O. The van der Waals surface area contributed by atoms with Gasteiger partial charge in [0.05, 0.1) is 18.8 Å². The maximum atomic E-state index is 12.3. The van der Waals surface area contributed by atoms with E-state index in [1.165, 1.54) is 6.92 Å². The fourth-order valence-corrected chi connectivity index (χ4v) is 3.17. The molecule has 1 heterocycles. The van der Waals surface area contributed by atoms with Crippen LogP contribution in [-0.2, 0) is 16.1 Å². The van der Waals surface area contributed by atoms with Crippen LogP contribution in [0.25, 0.3) is 0 Å². The zero-order chi connectivity index (χ0) is 18.9. The minimum absolute atomic E-state index is 0.0906. The summed E-state index contributed by atoms with van der Waals surface area (Å²) in [5, 5.41) is 7.61. The van der Waals surface area contributed by atoms with Crippen LogP contribution < -0.4 is 15.5 Å². The molecule has 0 fully saturated rings. The molecule has 0 saturated heterocycles. The van der Waals surface area contributed by atoms with Gasteiger partial charge in [0.2, 0.25) is 0 Å². The summed E-state index contributed by atoms with van der Waals surface area (Å²) in [6.07, 6.45) is 0. The fraction of sp³-hybridized carbons (Fsp3) is 0.316. The molecular weight excluding hydrogens is 350 g/mol. The standard InChI is InChI=1S/C19H23N3O3S/c1-3-22(12-18(24)20-11-15-7-6-10-26-15)13-19(25)21-17-9-5-4-8-16(17)14(2)23/h4-10H,3,11-13H2,1-2H3,(H,20,24)(H,21,25)/p+1. The van der Waals surface area contributed by atoms with E-state index in [1.54, 1.807) is 35.6 Å². The molecular formula is C19H24N3O3S+. The first-order valence-electron chi connectivity index (χ1n) is 8.52. The van der Waals surface area contributed by atoms with Crippen LogP contribution in [0.2, 0.25) is 0 Å². The van der Waals surface area contributed by atoms with Crippen molar-refractivity contribution in [2.45, 2.75) is 20.4 Å². The molecule has 1 atom stereocenters. The average molecular weight is 374 g/mol. The van der Waals surface area contributed by atoms with Crippen LogP contribution >= 0.6 is 11.3 Å². The molecule has 2 aromatic rings. The molecule has 26 heavy (non-hydrogen) atoms. The average Bonchev–Trinajstić information content (AvgIpc) is 3.13. The van der Waals surface area contributed by atoms with Gasteiger partial charge >= 0.3 is 0 Å². The minimum atomic E-state index is -0.221. The molecule has 0 bridgehead atoms. The number of Topliss-reactive ketones (excluding diaryl/α,β-unsaturated/α-hetero) is 1. The summed E-state index contributed by atoms with van der Waals surface area (Å²) in [5.74, 6) is -0.414. The van der Waals surface area contributed by atoms with E-state index in [0.717, 1.165) is 9.78 Å². The number of likely N-dealkylation sites (N-methyl/N-ethyl adjacent to an activating group) is 1. The van der Waals surface area contributed by atoms with Crippen molar-refractivity contribution in [3.8, 4) is 0 Å². The van der Waals surface area contributed by atoms with Crippen molar-refractivity contribution in [1.29, 1.82) is 0 Å². The lowest BCUT2D eigenvalue weighted by Crippen LogP contribution is -3.14. The second-order valence-corrected chi connectivity index (χ2v) is 7.00. The van der Waals surface area contributed by atoms with E-state index in [2.05, 4.69) is 10.6 Å². The molecule has 6 nitrogen and oxygen atoms in total. The maximum Gasteiger partial charge on any atom is 0.279 e. The summed E-state index contributed by atoms with van der Waals surface area (Å²) in [6.45, 7) is 4.93. The number of nitrogens with one attached hydrogen (secondary N) is 3. The largest absolute Gasteiger partial charge is 0.346 e. The fourth-order valence-electron chi connectivity index (χ4n) is 2.52. The molecule has 138 valence electrons. The molecule has 2 amide bonds. The van der Waals surface area contributed by atoms with Gasteiger partial charge in [-0.25, -0.2) is 0 Å². The Morgan fingerprint density at radius 3 is 2.42 bits per heavy atom. The van der Waals surface area contributed by atoms with Crippen molar-refractivity contribution >= 4 is 34.6 Å². The second kappa shape index (κ2) is 9.84. The number of rotatable bonds is 9. The maximum absolute atomic E-state index is 12.3. The van der Waals surface area contributed by atoms with Gasteiger partial charge in [-0.3, -0.25) is 14.4 Å². The second-order valence-electron chi connectivity index (χ2n) is 5.96. The summed E-state index contributed by atoms with van der Waals surface area (Å²) < 4.78 is 0. The van der Waals surface area contributed by atoms with Crippen molar-refractivity contribution in [2.75, 3.05) is 25.0 Å². The first-order chi connectivity index (χ1) is 12.5. The lowest BCUT2D eigenvalue weighted by Gasteiger charge is -2.17. The lowest BCUT2D eigenvalue weighted by atomic mass is 10.1. The van der Waals surface area contributed by atoms with Crippen molar-refractivity contribution in [1.82, 2.24) is 5.32 Å².